The van der Waals surface area contributed by atoms with Crippen molar-refractivity contribution in [3.8, 4) is 0 Å². The van der Waals surface area contributed by atoms with Crippen LogP contribution in [0.1, 0.15) is 27.1 Å². The Morgan fingerprint density at radius 1 is 1.23 bits per heavy atom. The third-order valence-corrected chi connectivity index (χ3v) is 3.64. The summed E-state index contributed by atoms with van der Waals surface area (Å²) in [5.74, 6) is -3.01. The zero-order valence-corrected chi connectivity index (χ0v) is 12.5. The molecule has 0 radical (unpaired) electrons. The maximum absolute atomic E-state index is 11.8. The maximum atomic E-state index is 11.8. The zero-order chi connectivity index (χ0) is 16.8. The van der Waals surface area contributed by atoms with Crippen LogP contribution in [0.3, 0.4) is 0 Å². The molecule has 0 fully saturated rings. The van der Waals surface area contributed by atoms with Crippen molar-refractivity contribution in [1.82, 2.24) is 4.72 Å². The number of nitrogens with one attached hydrogen (secondary N) is 2. The van der Waals surface area contributed by atoms with E-state index >= 15 is 0 Å². The van der Waals surface area contributed by atoms with Crippen LogP contribution in [0, 0.1) is 0 Å². The van der Waals surface area contributed by atoms with E-state index in [-0.39, 0.29) is 12.2 Å². The van der Waals surface area contributed by atoms with Crippen LogP contribution in [0.5, 0.6) is 0 Å². The number of ether oxygens (including phenoxy) is 1. The lowest BCUT2D eigenvalue weighted by Gasteiger charge is -2.12. The summed E-state index contributed by atoms with van der Waals surface area (Å²) in [6.07, 6.45) is 0.429. The Hall–Kier alpha value is -2.17. The molecule has 0 atom stereocenters. The van der Waals surface area contributed by atoms with Gasteiger partial charge in [0.1, 0.15) is 0 Å². The van der Waals surface area contributed by atoms with Gasteiger partial charge in [0.25, 0.3) is 10.2 Å². The van der Waals surface area contributed by atoms with E-state index < -0.39 is 33.3 Å². The molecular weight excluding hydrogens is 316 g/mol. The molecule has 1 aromatic carbocycles. The molecule has 122 valence electrons. The van der Waals surface area contributed by atoms with Gasteiger partial charge in [0.05, 0.1) is 16.8 Å². The summed E-state index contributed by atoms with van der Waals surface area (Å²) >= 11 is 0. The molecule has 0 aliphatic heterocycles. The van der Waals surface area contributed by atoms with Gasteiger partial charge >= 0.3 is 11.9 Å². The first-order chi connectivity index (χ1) is 10.3. The van der Waals surface area contributed by atoms with Crippen molar-refractivity contribution in [3.05, 3.63) is 29.3 Å². The Morgan fingerprint density at radius 2 is 1.91 bits per heavy atom. The van der Waals surface area contributed by atoms with Crippen LogP contribution in [-0.4, -0.2) is 50.8 Å². The fourth-order valence-electron chi connectivity index (χ4n) is 1.65. The highest BCUT2D eigenvalue weighted by atomic mass is 32.2. The number of hydrogen-bond donors (Lipinski definition) is 4. The number of carboxylic acid groups (broad SMARTS) is 2. The molecule has 0 saturated carbocycles. The predicted octanol–water partition coefficient (Wildman–Crippen LogP) is 0.366. The second-order valence-electron chi connectivity index (χ2n) is 4.18. The number of rotatable bonds is 9. The molecule has 0 heterocycles. The molecule has 22 heavy (non-hydrogen) atoms. The summed E-state index contributed by atoms with van der Waals surface area (Å²) < 4.78 is 32.6. The first-order valence-corrected chi connectivity index (χ1v) is 7.62. The highest BCUT2D eigenvalue weighted by Crippen LogP contribution is 2.21. The molecule has 0 bridgehead atoms. The van der Waals surface area contributed by atoms with E-state index in [4.69, 9.17) is 14.9 Å². The average molecular weight is 332 g/mol. The quantitative estimate of drug-likeness (QED) is 0.478. The molecular formula is C12H16N2O7S. The molecule has 0 aromatic heterocycles. The Labute approximate surface area is 127 Å². The summed E-state index contributed by atoms with van der Waals surface area (Å²) in [7, 11) is -2.55. The molecule has 0 aliphatic carbocycles. The molecule has 1 rings (SSSR count). The normalized spacial score (nSPS) is 11.1. The van der Waals surface area contributed by atoms with E-state index in [0.29, 0.717) is 13.0 Å². The predicted molar refractivity (Wildman–Crippen MR) is 77.4 cm³/mol. The largest absolute Gasteiger partial charge is 0.478 e. The van der Waals surface area contributed by atoms with E-state index in [0.717, 1.165) is 6.07 Å². The van der Waals surface area contributed by atoms with Gasteiger partial charge in [-0.15, -0.1) is 0 Å². The van der Waals surface area contributed by atoms with Gasteiger partial charge in [-0.25, -0.2) is 9.59 Å². The van der Waals surface area contributed by atoms with Crippen LogP contribution < -0.4 is 9.44 Å². The van der Waals surface area contributed by atoms with Gasteiger partial charge < -0.3 is 14.9 Å². The number of anilines is 1. The van der Waals surface area contributed by atoms with E-state index in [2.05, 4.69) is 4.72 Å². The minimum absolute atomic E-state index is 0.0875. The summed E-state index contributed by atoms with van der Waals surface area (Å²) in [5.41, 5.74) is -1.46. The zero-order valence-electron chi connectivity index (χ0n) is 11.7. The third kappa shape index (κ3) is 4.98. The van der Waals surface area contributed by atoms with E-state index in [1.165, 1.54) is 19.2 Å². The van der Waals surface area contributed by atoms with E-state index in [1.54, 1.807) is 0 Å². The van der Waals surface area contributed by atoms with E-state index in [1.807, 2.05) is 4.72 Å². The van der Waals surface area contributed by atoms with Crippen molar-refractivity contribution in [3.63, 3.8) is 0 Å². The lowest BCUT2D eigenvalue weighted by atomic mass is 10.1. The smallest absolute Gasteiger partial charge is 0.338 e. The van der Waals surface area contributed by atoms with Gasteiger partial charge in [-0.2, -0.15) is 13.1 Å². The molecule has 4 N–H and O–H groups in total. The second-order valence-corrected chi connectivity index (χ2v) is 5.68. The Balaban J connectivity index is 3.00. The summed E-state index contributed by atoms with van der Waals surface area (Å²) in [6.45, 7) is 0.446. The Kier molecular flexibility index (Phi) is 6.28. The van der Waals surface area contributed by atoms with Crippen molar-refractivity contribution >= 4 is 27.8 Å². The molecule has 0 saturated heterocycles. The Morgan fingerprint density at radius 3 is 2.45 bits per heavy atom. The van der Waals surface area contributed by atoms with Crippen LogP contribution in [0.15, 0.2) is 18.2 Å². The number of aromatic carboxylic acids is 2. The SMILES string of the molecule is COCCCNS(=O)(=O)Nc1cccc(C(=O)O)c1C(=O)O. The fourth-order valence-corrected chi connectivity index (χ4v) is 2.59. The van der Waals surface area contributed by atoms with Crippen molar-refractivity contribution in [2.24, 2.45) is 0 Å². The first kappa shape index (κ1) is 17.9. The summed E-state index contributed by atoms with van der Waals surface area (Å²) in [5, 5.41) is 18.1. The van der Waals surface area contributed by atoms with Crippen LogP contribution in [0.25, 0.3) is 0 Å². The highest BCUT2D eigenvalue weighted by molar-refractivity contribution is 7.90. The lowest BCUT2D eigenvalue weighted by molar-refractivity contribution is 0.0652. The Bertz CT molecular complexity index is 657. The minimum Gasteiger partial charge on any atom is -0.478 e. The van der Waals surface area contributed by atoms with Crippen LogP contribution >= 0.6 is 0 Å². The number of carbonyl (C=O) groups is 2. The molecule has 0 aliphatic rings. The van der Waals surface area contributed by atoms with Crippen molar-refractivity contribution in [1.29, 1.82) is 0 Å². The standard InChI is InChI=1S/C12H16N2O7S/c1-21-7-3-6-13-22(19,20)14-9-5-2-4-8(11(15)16)10(9)12(17)18/h2,4-5,13-14H,3,6-7H2,1H3,(H,15,16)(H,17,18). The molecule has 0 amide bonds. The van der Waals surface area contributed by atoms with Crippen molar-refractivity contribution in [2.75, 3.05) is 25.0 Å². The topological polar surface area (TPSA) is 142 Å². The summed E-state index contributed by atoms with van der Waals surface area (Å²) in [6, 6.07) is 3.50. The molecule has 1 aromatic rings. The number of methoxy groups -OCH3 is 1. The van der Waals surface area contributed by atoms with E-state index in [9.17, 15) is 18.0 Å². The van der Waals surface area contributed by atoms with Crippen LogP contribution in [-0.2, 0) is 14.9 Å². The van der Waals surface area contributed by atoms with Gasteiger partial charge in [-0.05, 0) is 18.6 Å². The number of benzene rings is 1. The fraction of sp³-hybridized carbons (Fsp3) is 0.333. The van der Waals surface area contributed by atoms with Gasteiger partial charge in [0.15, 0.2) is 0 Å². The molecule has 0 spiro atoms. The monoisotopic (exact) mass is 332 g/mol. The maximum Gasteiger partial charge on any atom is 0.338 e. The minimum atomic E-state index is -4.03. The van der Waals surface area contributed by atoms with Crippen molar-refractivity contribution in [2.45, 2.75) is 6.42 Å². The van der Waals surface area contributed by atoms with Gasteiger partial charge in [-0.1, -0.05) is 6.07 Å². The molecule has 10 heteroatoms. The highest BCUT2D eigenvalue weighted by Gasteiger charge is 2.22. The molecule has 9 nitrogen and oxygen atoms in total. The number of hydrogen-bond acceptors (Lipinski definition) is 5. The first-order valence-electron chi connectivity index (χ1n) is 6.14. The van der Waals surface area contributed by atoms with Gasteiger partial charge in [0.2, 0.25) is 0 Å². The molecule has 0 unspecified atom stereocenters. The van der Waals surface area contributed by atoms with Gasteiger partial charge in [-0.3, -0.25) is 4.72 Å². The van der Waals surface area contributed by atoms with Crippen LogP contribution in [0.2, 0.25) is 0 Å². The lowest BCUT2D eigenvalue weighted by Crippen LogP contribution is -2.32. The third-order valence-electron chi connectivity index (χ3n) is 2.57. The van der Waals surface area contributed by atoms with Crippen molar-refractivity contribution < 1.29 is 33.0 Å². The average Bonchev–Trinajstić information content (AvgIpc) is 2.42. The van der Waals surface area contributed by atoms with Crippen LogP contribution in [0.4, 0.5) is 5.69 Å². The number of carboxylic acids is 2. The summed E-state index contributed by atoms with van der Waals surface area (Å²) in [4.78, 5) is 22.2. The second kappa shape index (κ2) is 7.73. The van der Waals surface area contributed by atoms with Gasteiger partial charge in [0, 0.05) is 20.3 Å².